The highest BCUT2D eigenvalue weighted by Gasteiger charge is 2.29. The molecule has 2 N–H and O–H groups in total. The van der Waals surface area contributed by atoms with Crippen molar-refractivity contribution >= 4 is 60.0 Å². The number of carboxylic acids is 1. The largest absolute Gasteiger partial charge is 0.477 e. The van der Waals surface area contributed by atoms with Crippen LogP contribution in [0.15, 0.2) is 42.5 Å². The topological polar surface area (TPSA) is 82.5 Å². The van der Waals surface area contributed by atoms with Crippen LogP contribution in [-0.4, -0.2) is 46.0 Å². The van der Waals surface area contributed by atoms with E-state index in [1.54, 1.807) is 6.07 Å². The van der Waals surface area contributed by atoms with E-state index in [-0.39, 0.29) is 24.3 Å². The normalized spacial score (nSPS) is 16.7. The number of hydrogen-bond donors (Lipinski definition) is 2. The zero-order valence-corrected chi connectivity index (χ0v) is 18.6. The maximum Gasteiger partial charge on any atom is 0.346 e. The molecule has 0 radical (unpaired) electrons. The molecule has 1 fully saturated rings. The maximum absolute atomic E-state index is 13.4. The van der Waals surface area contributed by atoms with Crippen LogP contribution in [0.1, 0.15) is 28.1 Å². The van der Waals surface area contributed by atoms with Crippen molar-refractivity contribution in [2.75, 3.05) is 18.4 Å². The Morgan fingerprint density at radius 1 is 1.19 bits per heavy atom. The number of rotatable bonds is 6. The van der Waals surface area contributed by atoms with Crippen LogP contribution in [-0.2, 0) is 11.2 Å². The van der Waals surface area contributed by atoms with Gasteiger partial charge < -0.3 is 10.4 Å². The van der Waals surface area contributed by atoms with Crippen molar-refractivity contribution in [3.05, 3.63) is 58.7 Å². The van der Waals surface area contributed by atoms with Gasteiger partial charge in [0, 0.05) is 10.7 Å². The van der Waals surface area contributed by atoms with E-state index in [1.165, 1.54) is 34.8 Å². The van der Waals surface area contributed by atoms with Gasteiger partial charge in [-0.1, -0.05) is 29.5 Å². The van der Waals surface area contributed by atoms with E-state index in [0.29, 0.717) is 26.6 Å². The second-order valence-corrected chi connectivity index (χ2v) is 9.94. The summed E-state index contributed by atoms with van der Waals surface area (Å²) < 4.78 is 15.1. The molecule has 0 unspecified atom stereocenters. The number of nitrogens with one attached hydrogen (secondary N) is 1. The predicted octanol–water partition coefficient (Wildman–Crippen LogP) is 4.99. The third kappa shape index (κ3) is 4.11. The van der Waals surface area contributed by atoms with Crippen LogP contribution < -0.4 is 5.32 Å². The van der Waals surface area contributed by atoms with Gasteiger partial charge in [0.2, 0.25) is 5.91 Å². The van der Waals surface area contributed by atoms with Gasteiger partial charge in [-0.3, -0.25) is 9.69 Å². The molecule has 1 atom stereocenters. The predicted molar refractivity (Wildman–Crippen MR) is 125 cm³/mol. The first kappa shape index (κ1) is 21.0. The summed E-state index contributed by atoms with van der Waals surface area (Å²) in [6, 6.07) is 12.2. The summed E-state index contributed by atoms with van der Waals surface area (Å²) in [7, 11) is 0. The van der Waals surface area contributed by atoms with E-state index in [2.05, 4.69) is 15.2 Å². The Bertz CT molecular complexity index is 1330. The number of thiophene rings is 1. The summed E-state index contributed by atoms with van der Waals surface area (Å²) in [5.41, 5.74) is 1.50. The lowest BCUT2D eigenvalue weighted by Crippen LogP contribution is -2.38. The number of nitrogens with zero attached hydrogens (tertiary/aromatic N) is 2. The molecule has 0 spiro atoms. The van der Waals surface area contributed by atoms with Crippen LogP contribution in [0.2, 0.25) is 0 Å². The highest BCUT2D eigenvalue weighted by molar-refractivity contribution is 7.22. The minimum atomic E-state index is -0.907. The average molecular weight is 470 g/mol. The van der Waals surface area contributed by atoms with Gasteiger partial charge in [-0.05, 0) is 61.0 Å². The first-order valence-corrected chi connectivity index (χ1v) is 11.9. The van der Waals surface area contributed by atoms with Gasteiger partial charge in [-0.2, -0.15) is 0 Å². The number of thiazole rings is 1. The molecule has 4 aromatic rings. The number of carbonyl (C=O) groups is 2. The molecule has 1 aliphatic heterocycles. The number of halogens is 1. The number of carboxylic acid groups (broad SMARTS) is 1. The summed E-state index contributed by atoms with van der Waals surface area (Å²) in [4.78, 5) is 31.4. The molecule has 9 heteroatoms. The first-order chi connectivity index (χ1) is 15.5. The average Bonchev–Trinajstić information content (AvgIpc) is 3.45. The molecule has 32 heavy (non-hydrogen) atoms. The van der Waals surface area contributed by atoms with Crippen LogP contribution in [0.5, 0.6) is 0 Å². The Balaban J connectivity index is 1.31. The van der Waals surface area contributed by atoms with Crippen molar-refractivity contribution in [3.63, 3.8) is 0 Å². The van der Waals surface area contributed by atoms with Crippen molar-refractivity contribution in [2.24, 2.45) is 0 Å². The summed E-state index contributed by atoms with van der Waals surface area (Å²) in [6.45, 7) is 0.993. The van der Waals surface area contributed by atoms with Crippen molar-refractivity contribution in [2.45, 2.75) is 25.3 Å². The highest BCUT2D eigenvalue weighted by Crippen LogP contribution is 2.34. The first-order valence-electron chi connectivity index (χ1n) is 10.3. The second kappa shape index (κ2) is 8.57. The van der Waals surface area contributed by atoms with Gasteiger partial charge in [0.05, 0.1) is 16.8 Å². The summed E-state index contributed by atoms with van der Waals surface area (Å²) in [5.74, 6) is -1.42. The lowest BCUT2D eigenvalue weighted by molar-refractivity contribution is -0.117. The molecule has 5 rings (SSSR count). The standard InChI is InChI=1S/C23H20FN3O3S2/c24-13-7-8-17-19(10-13)32-23(25-17)26-20(28)12-27-9-3-4-14(27)11-16-15-5-1-2-6-18(15)31-21(16)22(29)30/h1-2,5-8,10,14H,3-4,9,11-12H2,(H,29,30)(H,25,26,28)/t14-/m0/s1. The molecule has 3 heterocycles. The Kier molecular flexibility index (Phi) is 5.62. The number of aromatic nitrogens is 1. The molecule has 2 aromatic carbocycles. The molecular formula is C23H20FN3O3S2. The molecule has 1 aliphatic rings. The van der Waals surface area contributed by atoms with E-state index < -0.39 is 5.97 Å². The molecule has 0 bridgehead atoms. The molecule has 0 aliphatic carbocycles. The summed E-state index contributed by atoms with van der Waals surface area (Å²) in [6.07, 6.45) is 2.47. The number of carbonyl (C=O) groups excluding carboxylic acids is 1. The fraction of sp³-hybridized carbons (Fsp3) is 0.261. The fourth-order valence-corrected chi connectivity index (χ4v) is 6.32. The lowest BCUT2D eigenvalue weighted by Gasteiger charge is -2.23. The molecule has 2 aromatic heterocycles. The van der Waals surface area contributed by atoms with Gasteiger partial charge in [0.25, 0.3) is 0 Å². The van der Waals surface area contributed by atoms with Crippen molar-refractivity contribution in [1.82, 2.24) is 9.88 Å². The third-order valence-corrected chi connectivity index (χ3v) is 7.91. The van der Waals surface area contributed by atoms with Crippen molar-refractivity contribution in [1.29, 1.82) is 0 Å². The Hall–Kier alpha value is -2.88. The minimum Gasteiger partial charge on any atom is -0.477 e. The molecule has 6 nitrogen and oxygen atoms in total. The van der Waals surface area contributed by atoms with Crippen LogP contribution in [0.4, 0.5) is 9.52 Å². The lowest BCUT2D eigenvalue weighted by atomic mass is 10.0. The molecular weight excluding hydrogens is 449 g/mol. The molecule has 164 valence electrons. The SMILES string of the molecule is O=C(CN1CCC[C@H]1Cc1c(C(=O)O)sc2ccccc12)Nc1nc2ccc(F)cc2s1. The van der Waals surface area contributed by atoms with Gasteiger partial charge in [0.1, 0.15) is 10.7 Å². The summed E-state index contributed by atoms with van der Waals surface area (Å²) in [5, 5.41) is 14.0. The number of benzene rings is 2. The number of amides is 1. The van der Waals surface area contributed by atoms with E-state index in [0.717, 1.165) is 35.0 Å². The zero-order chi connectivity index (χ0) is 22.2. The number of aromatic carboxylic acids is 1. The molecule has 1 saturated heterocycles. The van der Waals surface area contributed by atoms with Gasteiger partial charge in [-0.25, -0.2) is 14.2 Å². The Morgan fingerprint density at radius 3 is 2.88 bits per heavy atom. The molecule has 0 saturated carbocycles. The van der Waals surface area contributed by atoms with Gasteiger partial charge in [0.15, 0.2) is 5.13 Å². The minimum absolute atomic E-state index is 0.0984. The highest BCUT2D eigenvalue weighted by atomic mass is 32.1. The van der Waals surface area contributed by atoms with Crippen LogP contribution in [0.3, 0.4) is 0 Å². The van der Waals surface area contributed by atoms with Gasteiger partial charge >= 0.3 is 5.97 Å². The number of hydrogen-bond acceptors (Lipinski definition) is 6. The van der Waals surface area contributed by atoms with Gasteiger partial charge in [-0.15, -0.1) is 11.3 Å². The Morgan fingerprint density at radius 2 is 2.03 bits per heavy atom. The zero-order valence-electron chi connectivity index (χ0n) is 17.0. The smallest absolute Gasteiger partial charge is 0.346 e. The van der Waals surface area contributed by atoms with E-state index >= 15 is 0 Å². The number of likely N-dealkylation sites (tertiary alicyclic amines) is 1. The number of fused-ring (bicyclic) bond motifs is 2. The quantitative estimate of drug-likeness (QED) is 0.416. The fourth-order valence-electron chi connectivity index (χ4n) is 4.34. The van der Waals surface area contributed by atoms with Crippen LogP contribution >= 0.6 is 22.7 Å². The van der Waals surface area contributed by atoms with Crippen molar-refractivity contribution in [3.8, 4) is 0 Å². The number of anilines is 1. The monoisotopic (exact) mass is 469 g/mol. The van der Waals surface area contributed by atoms with E-state index in [4.69, 9.17) is 0 Å². The van der Waals surface area contributed by atoms with E-state index in [1.807, 2.05) is 24.3 Å². The Labute approximate surface area is 191 Å². The van der Waals surface area contributed by atoms with Crippen LogP contribution in [0.25, 0.3) is 20.3 Å². The third-order valence-electron chi connectivity index (χ3n) is 5.77. The maximum atomic E-state index is 13.4. The van der Waals surface area contributed by atoms with Crippen molar-refractivity contribution < 1.29 is 19.1 Å². The van der Waals surface area contributed by atoms with E-state index in [9.17, 15) is 19.1 Å². The second-order valence-electron chi connectivity index (χ2n) is 7.86. The van der Waals surface area contributed by atoms with Crippen LogP contribution in [0, 0.1) is 5.82 Å². The summed E-state index contributed by atoms with van der Waals surface area (Å²) >= 11 is 2.55. The molecule has 1 amide bonds.